The lowest BCUT2D eigenvalue weighted by Crippen LogP contribution is -2.44. The third-order valence-corrected chi connectivity index (χ3v) is 4.94. The number of nitrogens with zero attached hydrogens (tertiary/aromatic N) is 5. The summed E-state index contributed by atoms with van der Waals surface area (Å²) in [5.74, 6) is 2.35. The van der Waals surface area contributed by atoms with Crippen LogP contribution in [0.2, 0.25) is 0 Å². The fourth-order valence-corrected chi connectivity index (χ4v) is 3.26. The van der Waals surface area contributed by atoms with E-state index >= 15 is 0 Å². The number of rotatable bonds is 4. The normalized spacial score (nSPS) is 15.1. The van der Waals surface area contributed by atoms with Gasteiger partial charge in [0.1, 0.15) is 17.5 Å². The molecule has 1 fully saturated rings. The fourth-order valence-electron chi connectivity index (χ4n) is 3.26. The number of hydrogen-bond acceptors (Lipinski definition) is 6. The molecule has 4 rings (SSSR count). The van der Waals surface area contributed by atoms with Crippen LogP contribution in [0.3, 0.4) is 0 Å². The smallest absolute Gasteiger partial charge is 0.164 e. The van der Waals surface area contributed by atoms with E-state index in [9.17, 15) is 4.39 Å². The Morgan fingerprint density at radius 3 is 2.50 bits per heavy atom. The first-order valence-corrected chi connectivity index (χ1v) is 9.36. The van der Waals surface area contributed by atoms with Gasteiger partial charge in [-0.25, -0.2) is 14.4 Å². The van der Waals surface area contributed by atoms with Crippen molar-refractivity contribution in [2.24, 2.45) is 0 Å². The molecular formula is C20H24FN7. The highest BCUT2D eigenvalue weighted by Crippen LogP contribution is 2.27. The van der Waals surface area contributed by atoms with E-state index in [-0.39, 0.29) is 5.82 Å². The van der Waals surface area contributed by atoms with E-state index in [1.54, 1.807) is 6.07 Å². The van der Waals surface area contributed by atoms with Gasteiger partial charge in [-0.2, -0.15) is 5.10 Å². The number of H-pyrrole nitrogens is 1. The molecule has 3 heterocycles. The maximum atomic E-state index is 13.9. The zero-order valence-electron chi connectivity index (χ0n) is 16.3. The Bertz CT molecular complexity index is 976. The molecule has 0 saturated carbocycles. The molecule has 8 heteroatoms. The third kappa shape index (κ3) is 3.96. The monoisotopic (exact) mass is 381 g/mol. The molecule has 0 unspecified atom stereocenters. The summed E-state index contributed by atoms with van der Waals surface area (Å²) in [5, 5.41) is 10.4. The molecule has 0 aliphatic carbocycles. The van der Waals surface area contributed by atoms with Gasteiger partial charge in [0, 0.05) is 49.6 Å². The molecule has 1 aromatic carbocycles. The van der Waals surface area contributed by atoms with Crippen molar-refractivity contribution < 1.29 is 4.39 Å². The number of hydrogen-bond donors (Lipinski definition) is 2. The number of aromatic nitrogens is 4. The second-order valence-corrected chi connectivity index (χ2v) is 7.25. The summed E-state index contributed by atoms with van der Waals surface area (Å²) in [6, 6.07) is 8.52. The molecule has 3 aromatic rings. The third-order valence-electron chi connectivity index (χ3n) is 4.94. The number of aryl methyl sites for hydroxylation is 2. The largest absolute Gasteiger partial charge is 0.354 e. The number of nitrogens with one attached hydrogen (secondary N) is 2. The Kier molecular flexibility index (Phi) is 4.95. The van der Waals surface area contributed by atoms with Gasteiger partial charge < -0.3 is 15.1 Å². The van der Waals surface area contributed by atoms with Gasteiger partial charge in [-0.3, -0.25) is 5.10 Å². The molecule has 0 bridgehead atoms. The summed E-state index contributed by atoms with van der Waals surface area (Å²) in [6.07, 6.45) is 0. The minimum absolute atomic E-state index is 0.299. The SMILES string of the molecule is Cc1cc(Nc2cc(N3CCN(C)CC3)nc(-c3cc(F)ccc3C)n2)n[nH]1. The molecule has 2 N–H and O–H groups in total. The average Bonchev–Trinajstić information content (AvgIpc) is 3.08. The van der Waals surface area contributed by atoms with Crippen LogP contribution in [-0.4, -0.2) is 58.3 Å². The predicted molar refractivity (Wildman–Crippen MR) is 108 cm³/mol. The van der Waals surface area contributed by atoms with Crippen LogP contribution in [0.25, 0.3) is 11.4 Å². The van der Waals surface area contributed by atoms with Crippen molar-refractivity contribution in [3.63, 3.8) is 0 Å². The van der Waals surface area contributed by atoms with Crippen LogP contribution in [0, 0.1) is 19.7 Å². The molecule has 28 heavy (non-hydrogen) atoms. The van der Waals surface area contributed by atoms with E-state index in [4.69, 9.17) is 4.98 Å². The zero-order valence-corrected chi connectivity index (χ0v) is 16.3. The molecule has 0 radical (unpaired) electrons. The second kappa shape index (κ2) is 7.55. The second-order valence-electron chi connectivity index (χ2n) is 7.25. The van der Waals surface area contributed by atoms with Crippen molar-refractivity contribution in [1.29, 1.82) is 0 Å². The molecule has 7 nitrogen and oxygen atoms in total. The van der Waals surface area contributed by atoms with Crippen LogP contribution in [0.5, 0.6) is 0 Å². The highest BCUT2D eigenvalue weighted by atomic mass is 19.1. The molecule has 0 amide bonds. The Balaban J connectivity index is 1.75. The topological polar surface area (TPSA) is 73.0 Å². The van der Waals surface area contributed by atoms with Crippen LogP contribution in [-0.2, 0) is 0 Å². The van der Waals surface area contributed by atoms with Crippen LogP contribution >= 0.6 is 0 Å². The molecule has 2 aromatic heterocycles. The quantitative estimate of drug-likeness (QED) is 0.723. The standard InChI is InChI=1S/C20H24FN7/c1-13-4-5-15(21)11-16(13)20-23-17(22-18-10-14(2)25-26-18)12-19(24-20)28-8-6-27(3)7-9-28/h4-5,10-12H,6-9H2,1-3H3,(H2,22,23,24,25,26). The van der Waals surface area contributed by atoms with Gasteiger partial charge in [0.2, 0.25) is 0 Å². The van der Waals surface area contributed by atoms with E-state index < -0.39 is 0 Å². The van der Waals surface area contributed by atoms with Crippen LogP contribution in [0.15, 0.2) is 30.3 Å². The fraction of sp³-hybridized carbons (Fsp3) is 0.350. The number of anilines is 3. The Labute approximate surface area is 163 Å². The van der Waals surface area contributed by atoms with E-state index in [0.29, 0.717) is 23.0 Å². The lowest BCUT2D eigenvalue weighted by atomic mass is 10.1. The molecule has 1 saturated heterocycles. The average molecular weight is 381 g/mol. The van der Waals surface area contributed by atoms with Crippen molar-refractivity contribution in [3.05, 3.63) is 47.4 Å². The number of halogens is 1. The predicted octanol–water partition coefficient (Wildman–Crippen LogP) is 3.12. The molecule has 1 aliphatic heterocycles. The summed E-state index contributed by atoms with van der Waals surface area (Å²) in [6.45, 7) is 7.59. The van der Waals surface area contributed by atoms with Crippen LogP contribution in [0.4, 0.5) is 21.8 Å². The molecule has 146 valence electrons. The van der Waals surface area contributed by atoms with E-state index in [1.807, 2.05) is 26.0 Å². The molecule has 1 aliphatic rings. The van der Waals surface area contributed by atoms with Crippen molar-refractivity contribution in [1.82, 2.24) is 25.1 Å². The van der Waals surface area contributed by atoms with E-state index in [0.717, 1.165) is 43.3 Å². The minimum atomic E-state index is -0.299. The lowest BCUT2D eigenvalue weighted by molar-refractivity contribution is 0.312. The lowest BCUT2D eigenvalue weighted by Gasteiger charge is -2.33. The summed E-state index contributed by atoms with van der Waals surface area (Å²) in [4.78, 5) is 13.9. The Morgan fingerprint density at radius 1 is 1.00 bits per heavy atom. The highest BCUT2D eigenvalue weighted by molar-refractivity contribution is 5.66. The Hall–Kier alpha value is -3.00. The molecule has 0 spiro atoms. The van der Waals surface area contributed by atoms with E-state index in [2.05, 4.69) is 37.3 Å². The summed E-state index contributed by atoms with van der Waals surface area (Å²) in [5.41, 5.74) is 2.58. The van der Waals surface area contributed by atoms with Gasteiger partial charge in [-0.05, 0) is 38.6 Å². The number of aromatic amines is 1. The number of piperazine rings is 1. The number of likely N-dealkylation sites (N-methyl/N-ethyl adjacent to an activating group) is 1. The van der Waals surface area contributed by atoms with Crippen molar-refractivity contribution in [3.8, 4) is 11.4 Å². The van der Waals surface area contributed by atoms with Crippen molar-refractivity contribution in [2.75, 3.05) is 43.4 Å². The minimum Gasteiger partial charge on any atom is -0.354 e. The van der Waals surface area contributed by atoms with Crippen molar-refractivity contribution in [2.45, 2.75) is 13.8 Å². The van der Waals surface area contributed by atoms with Crippen molar-refractivity contribution >= 4 is 17.5 Å². The van der Waals surface area contributed by atoms with Gasteiger partial charge in [0.05, 0.1) is 0 Å². The van der Waals surface area contributed by atoms with Gasteiger partial charge in [-0.15, -0.1) is 0 Å². The summed E-state index contributed by atoms with van der Waals surface area (Å²) in [7, 11) is 2.12. The first-order chi connectivity index (χ1) is 13.5. The summed E-state index contributed by atoms with van der Waals surface area (Å²) >= 11 is 0. The molecular weight excluding hydrogens is 357 g/mol. The van der Waals surface area contributed by atoms with Gasteiger partial charge in [-0.1, -0.05) is 6.07 Å². The Morgan fingerprint density at radius 2 is 1.79 bits per heavy atom. The highest BCUT2D eigenvalue weighted by Gasteiger charge is 2.19. The van der Waals surface area contributed by atoms with E-state index in [1.165, 1.54) is 12.1 Å². The van der Waals surface area contributed by atoms with Crippen LogP contribution in [0.1, 0.15) is 11.3 Å². The first-order valence-electron chi connectivity index (χ1n) is 9.36. The molecule has 0 atom stereocenters. The van der Waals surface area contributed by atoms with Crippen LogP contribution < -0.4 is 10.2 Å². The first kappa shape index (κ1) is 18.4. The maximum Gasteiger partial charge on any atom is 0.164 e. The maximum absolute atomic E-state index is 13.9. The number of benzene rings is 1. The van der Waals surface area contributed by atoms with Gasteiger partial charge >= 0.3 is 0 Å². The van der Waals surface area contributed by atoms with Gasteiger partial charge in [0.15, 0.2) is 11.6 Å². The summed E-state index contributed by atoms with van der Waals surface area (Å²) < 4.78 is 13.9. The zero-order chi connectivity index (χ0) is 19.7. The van der Waals surface area contributed by atoms with Gasteiger partial charge in [0.25, 0.3) is 0 Å².